The van der Waals surface area contributed by atoms with Crippen molar-refractivity contribution >= 4 is 34.5 Å². The third kappa shape index (κ3) is 3.73. The van der Waals surface area contributed by atoms with E-state index in [1.807, 2.05) is 31.2 Å². The highest BCUT2D eigenvalue weighted by atomic mass is 35.5. The SMILES string of the molecule is CCOCc1ccccc1NC(=O)c1nnc(Cl)s1. The van der Waals surface area contributed by atoms with E-state index in [0.29, 0.717) is 18.9 Å². The number of hydrogen-bond donors (Lipinski definition) is 1. The molecule has 19 heavy (non-hydrogen) atoms. The average molecular weight is 298 g/mol. The van der Waals surface area contributed by atoms with Gasteiger partial charge in [0.1, 0.15) is 0 Å². The molecule has 0 aliphatic heterocycles. The highest BCUT2D eigenvalue weighted by Crippen LogP contribution is 2.19. The maximum Gasteiger partial charge on any atom is 0.286 e. The van der Waals surface area contributed by atoms with Gasteiger partial charge in [-0.15, -0.1) is 10.2 Å². The number of nitrogens with zero attached hydrogens (tertiary/aromatic N) is 2. The standard InChI is InChI=1S/C12H12ClN3O2S/c1-2-18-7-8-5-3-4-6-9(8)14-10(17)11-15-16-12(13)19-11/h3-6H,2,7H2,1H3,(H,14,17). The van der Waals surface area contributed by atoms with Gasteiger partial charge in [0.15, 0.2) is 0 Å². The van der Waals surface area contributed by atoms with Gasteiger partial charge in [-0.3, -0.25) is 4.79 Å². The van der Waals surface area contributed by atoms with Gasteiger partial charge in [0.05, 0.1) is 6.61 Å². The van der Waals surface area contributed by atoms with E-state index in [1.54, 1.807) is 0 Å². The molecule has 1 aromatic heterocycles. The highest BCUT2D eigenvalue weighted by Gasteiger charge is 2.13. The molecule has 2 rings (SSSR count). The zero-order valence-electron chi connectivity index (χ0n) is 10.2. The Morgan fingerprint density at radius 1 is 1.42 bits per heavy atom. The third-order valence-corrected chi connectivity index (χ3v) is 3.34. The lowest BCUT2D eigenvalue weighted by atomic mass is 10.2. The Balaban J connectivity index is 2.12. The van der Waals surface area contributed by atoms with E-state index >= 15 is 0 Å². The van der Waals surface area contributed by atoms with Gasteiger partial charge in [0.25, 0.3) is 5.91 Å². The summed E-state index contributed by atoms with van der Waals surface area (Å²) < 4.78 is 5.60. The Labute approximate surface area is 119 Å². The molecule has 0 saturated carbocycles. The minimum absolute atomic E-state index is 0.233. The number of anilines is 1. The molecule has 0 spiro atoms. The molecule has 2 aromatic rings. The number of ether oxygens (including phenoxy) is 1. The van der Waals surface area contributed by atoms with Gasteiger partial charge >= 0.3 is 0 Å². The summed E-state index contributed by atoms with van der Waals surface area (Å²) in [5.74, 6) is -0.326. The van der Waals surface area contributed by atoms with E-state index in [-0.39, 0.29) is 15.4 Å². The second kappa shape index (κ2) is 6.60. The smallest absolute Gasteiger partial charge is 0.286 e. The first-order valence-corrected chi connectivity index (χ1v) is 6.86. The van der Waals surface area contributed by atoms with Crippen molar-refractivity contribution in [3.63, 3.8) is 0 Å². The number of carbonyl (C=O) groups is 1. The summed E-state index contributed by atoms with van der Waals surface area (Å²) in [7, 11) is 0. The molecule has 0 atom stereocenters. The summed E-state index contributed by atoms with van der Waals surface area (Å²) in [5, 5.41) is 10.3. The summed E-state index contributed by atoms with van der Waals surface area (Å²) in [6.45, 7) is 2.99. The van der Waals surface area contributed by atoms with E-state index in [9.17, 15) is 4.79 Å². The Morgan fingerprint density at radius 2 is 2.21 bits per heavy atom. The number of aromatic nitrogens is 2. The monoisotopic (exact) mass is 297 g/mol. The molecule has 1 amide bonds. The second-order valence-electron chi connectivity index (χ2n) is 3.61. The molecule has 1 N–H and O–H groups in total. The first-order valence-electron chi connectivity index (χ1n) is 5.66. The minimum Gasteiger partial charge on any atom is -0.377 e. The number of carbonyl (C=O) groups excluding carboxylic acids is 1. The molecule has 1 aromatic carbocycles. The van der Waals surface area contributed by atoms with Crippen LogP contribution in [0.4, 0.5) is 5.69 Å². The average Bonchev–Trinajstić information content (AvgIpc) is 2.84. The molecule has 1 heterocycles. The lowest BCUT2D eigenvalue weighted by Crippen LogP contribution is -2.13. The van der Waals surface area contributed by atoms with Crippen molar-refractivity contribution in [3.05, 3.63) is 39.3 Å². The summed E-state index contributed by atoms with van der Waals surface area (Å²) in [5.41, 5.74) is 1.61. The lowest BCUT2D eigenvalue weighted by molar-refractivity contribution is 0.102. The van der Waals surface area contributed by atoms with Crippen LogP contribution in [0.5, 0.6) is 0 Å². The number of amides is 1. The predicted molar refractivity (Wildman–Crippen MR) is 74.6 cm³/mol. The molecule has 7 heteroatoms. The number of halogens is 1. The van der Waals surface area contributed by atoms with Crippen LogP contribution in [0, 0.1) is 0 Å². The molecule has 0 fully saturated rings. The Hall–Kier alpha value is -1.50. The molecule has 0 aliphatic carbocycles. The van der Waals surface area contributed by atoms with Crippen LogP contribution in [0.2, 0.25) is 4.47 Å². The predicted octanol–water partition coefficient (Wildman–Crippen LogP) is 2.98. The van der Waals surface area contributed by atoms with E-state index in [4.69, 9.17) is 16.3 Å². The largest absolute Gasteiger partial charge is 0.377 e. The Morgan fingerprint density at radius 3 is 2.89 bits per heavy atom. The van der Waals surface area contributed by atoms with Crippen LogP contribution in [0.3, 0.4) is 0 Å². The number of benzene rings is 1. The zero-order chi connectivity index (χ0) is 13.7. The summed E-state index contributed by atoms with van der Waals surface area (Å²) in [4.78, 5) is 12.0. The summed E-state index contributed by atoms with van der Waals surface area (Å²) in [6, 6.07) is 7.46. The number of rotatable bonds is 5. The maximum atomic E-state index is 12.0. The normalized spacial score (nSPS) is 10.4. The van der Waals surface area contributed by atoms with Gasteiger partial charge in [0, 0.05) is 17.9 Å². The van der Waals surface area contributed by atoms with E-state index in [2.05, 4.69) is 15.5 Å². The summed E-state index contributed by atoms with van der Waals surface area (Å²) in [6.07, 6.45) is 0. The van der Waals surface area contributed by atoms with Crippen LogP contribution in [-0.4, -0.2) is 22.7 Å². The van der Waals surface area contributed by atoms with Gasteiger partial charge in [-0.2, -0.15) is 0 Å². The van der Waals surface area contributed by atoms with Crippen molar-refractivity contribution < 1.29 is 9.53 Å². The molecular weight excluding hydrogens is 286 g/mol. The van der Waals surface area contributed by atoms with Crippen LogP contribution in [0.25, 0.3) is 0 Å². The first-order chi connectivity index (χ1) is 9.20. The molecular formula is C12H12ClN3O2S. The molecule has 5 nitrogen and oxygen atoms in total. The van der Waals surface area contributed by atoms with Gasteiger partial charge in [-0.1, -0.05) is 29.5 Å². The Kier molecular flexibility index (Phi) is 4.84. The van der Waals surface area contributed by atoms with Crippen LogP contribution in [-0.2, 0) is 11.3 Å². The van der Waals surface area contributed by atoms with E-state index in [0.717, 1.165) is 16.9 Å². The van der Waals surface area contributed by atoms with E-state index < -0.39 is 0 Å². The van der Waals surface area contributed by atoms with Crippen molar-refractivity contribution in [1.29, 1.82) is 0 Å². The van der Waals surface area contributed by atoms with Crippen molar-refractivity contribution in [1.82, 2.24) is 10.2 Å². The van der Waals surface area contributed by atoms with Gasteiger partial charge in [-0.25, -0.2) is 0 Å². The van der Waals surface area contributed by atoms with Crippen LogP contribution in [0.1, 0.15) is 22.3 Å². The van der Waals surface area contributed by atoms with Crippen molar-refractivity contribution in [2.75, 3.05) is 11.9 Å². The van der Waals surface area contributed by atoms with Crippen LogP contribution in [0.15, 0.2) is 24.3 Å². The molecule has 0 unspecified atom stereocenters. The fraction of sp³-hybridized carbons (Fsp3) is 0.250. The second-order valence-corrected chi connectivity index (χ2v) is 5.17. The van der Waals surface area contributed by atoms with Crippen molar-refractivity contribution in [3.8, 4) is 0 Å². The quantitative estimate of drug-likeness (QED) is 0.921. The third-order valence-electron chi connectivity index (χ3n) is 2.32. The number of hydrogen-bond acceptors (Lipinski definition) is 5. The van der Waals surface area contributed by atoms with Crippen LogP contribution < -0.4 is 5.32 Å². The van der Waals surface area contributed by atoms with Crippen LogP contribution >= 0.6 is 22.9 Å². The lowest BCUT2D eigenvalue weighted by Gasteiger charge is -2.09. The van der Waals surface area contributed by atoms with Crippen molar-refractivity contribution in [2.24, 2.45) is 0 Å². The van der Waals surface area contributed by atoms with Gasteiger partial charge < -0.3 is 10.1 Å². The van der Waals surface area contributed by atoms with Crippen molar-refractivity contribution in [2.45, 2.75) is 13.5 Å². The fourth-order valence-electron chi connectivity index (χ4n) is 1.45. The number of nitrogens with one attached hydrogen (secondary N) is 1. The minimum atomic E-state index is -0.326. The highest BCUT2D eigenvalue weighted by molar-refractivity contribution is 7.17. The van der Waals surface area contributed by atoms with E-state index in [1.165, 1.54) is 0 Å². The molecule has 100 valence electrons. The number of para-hydroxylation sites is 1. The van der Waals surface area contributed by atoms with Gasteiger partial charge in [-0.05, 0) is 24.6 Å². The topological polar surface area (TPSA) is 64.1 Å². The Bertz CT molecular complexity index is 574. The molecule has 0 saturated heterocycles. The molecule has 0 aliphatic rings. The van der Waals surface area contributed by atoms with Gasteiger partial charge in [0.2, 0.25) is 9.47 Å². The zero-order valence-corrected chi connectivity index (χ0v) is 11.8. The maximum absolute atomic E-state index is 12.0. The molecule has 0 radical (unpaired) electrons. The summed E-state index contributed by atoms with van der Waals surface area (Å²) >= 11 is 6.69. The molecule has 0 bridgehead atoms. The fourth-order valence-corrected chi connectivity index (χ4v) is 2.18. The first kappa shape index (κ1) is 13.9.